The number of morpholine rings is 1. The van der Waals surface area contributed by atoms with Crippen LogP contribution in [0.5, 0.6) is 0 Å². The molecule has 1 aliphatic heterocycles. The molecule has 1 aliphatic carbocycles. The van der Waals surface area contributed by atoms with Gasteiger partial charge in [-0.1, -0.05) is 18.0 Å². The van der Waals surface area contributed by atoms with Crippen molar-refractivity contribution in [2.75, 3.05) is 26.7 Å². The number of ether oxygens (including phenoxy) is 1. The molecule has 0 aromatic carbocycles. The Balaban J connectivity index is 1.76. The molecular weight excluding hydrogens is 232 g/mol. The van der Waals surface area contributed by atoms with E-state index in [2.05, 4.69) is 22.1 Å². The molecule has 1 unspecified atom stereocenters. The van der Waals surface area contributed by atoms with Crippen LogP contribution >= 0.6 is 0 Å². The van der Waals surface area contributed by atoms with Gasteiger partial charge in [0.05, 0.1) is 12.1 Å². The molecule has 0 bridgehead atoms. The topological polar surface area (TPSA) is 77.4 Å². The van der Waals surface area contributed by atoms with Crippen LogP contribution in [-0.2, 0) is 10.3 Å². The third kappa shape index (κ3) is 2.15. The average Bonchev–Trinajstić information content (AvgIpc) is 2.98. The molecule has 0 radical (unpaired) electrons. The Hall–Kier alpha value is -0.980. The average molecular weight is 252 g/mol. The van der Waals surface area contributed by atoms with Crippen molar-refractivity contribution in [1.29, 1.82) is 0 Å². The molecule has 0 spiro atoms. The van der Waals surface area contributed by atoms with Gasteiger partial charge in [-0.05, 0) is 19.9 Å². The Bertz CT molecular complexity index is 414. The molecule has 3 rings (SSSR count). The summed E-state index contributed by atoms with van der Waals surface area (Å²) in [6.07, 6.45) is 4.05. The summed E-state index contributed by atoms with van der Waals surface area (Å²) in [6, 6.07) is 0. The molecular formula is C12H20N4O2. The van der Waals surface area contributed by atoms with E-state index >= 15 is 0 Å². The van der Waals surface area contributed by atoms with E-state index in [1.54, 1.807) is 0 Å². The van der Waals surface area contributed by atoms with Gasteiger partial charge in [0.15, 0.2) is 5.82 Å². The molecule has 2 heterocycles. The van der Waals surface area contributed by atoms with Crippen LogP contribution in [0, 0.1) is 0 Å². The van der Waals surface area contributed by atoms with Gasteiger partial charge in [0.25, 0.3) is 5.89 Å². The van der Waals surface area contributed by atoms with Gasteiger partial charge in [-0.2, -0.15) is 4.98 Å². The number of nitrogens with two attached hydrogens (primary N) is 1. The van der Waals surface area contributed by atoms with Crippen molar-refractivity contribution in [2.24, 2.45) is 5.73 Å². The first-order chi connectivity index (χ1) is 8.67. The Morgan fingerprint density at radius 1 is 1.39 bits per heavy atom. The zero-order valence-corrected chi connectivity index (χ0v) is 10.8. The molecule has 2 fully saturated rings. The van der Waals surface area contributed by atoms with Crippen molar-refractivity contribution >= 4 is 0 Å². The summed E-state index contributed by atoms with van der Waals surface area (Å²) in [7, 11) is 2.06. The fraction of sp³-hybridized carbons (Fsp3) is 0.833. The number of likely N-dealkylation sites (N-methyl/N-ethyl adjacent to an activating group) is 1. The predicted molar refractivity (Wildman–Crippen MR) is 64.8 cm³/mol. The van der Waals surface area contributed by atoms with Crippen molar-refractivity contribution in [1.82, 2.24) is 15.0 Å². The van der Waals surface area contributed by atoms with Crippen LogP contribution in [0.15, 0.2) is 4.52 Å². The molecule has 100 valence electrons. The maximum atomic E-state index is 6.31. The highest BCUT2D eigenvalue weighted by Gasteiger charge is 2.37. The summed E-state index contributed by atoms with van der Waals surface area (Å²) in [6.45, 7) is 2.43. The molecule has 1 atom stereocenters. The molecule has 0 amide bonds. The highest BCUT2D eigenvalue weighted by molar-refractivity contribution is 5.07. The summed E-state index contributed by atoms with van der Waals surface area (Å²) < 4.78 is 11.0. The third-order valence-corrected chi connectivity index (χ3v) is 3.93. The minimum Gasteiger partial charge on any atom is -0.366 e. The summed E-state index contributed by atoms with van der Waals surface area (Å²) in [4.78, 5) is 6.67. The Kier molecular flexibility index (Phi) is 3.09. The van der Waals surface area contributed by atoms with Crippen LogP contribution in [0.1, 0.15) is 43.5 Å². The van der Waals surface area contributed by atoms with Crippen LogP contribution in [-0.4, -0.2) is 41.8 Å². The quantitative estimate of drug-likeness (QED) is 0.839. The molecule has 1 saturated carbocycles. The van der Waals surface area contributed by atoms with Gasteiger partial charge in [0.1, 0.15) is 6.10 Å². The fourth-order valence-corrected chi connectivity index (χ4v) is 2.72. The third-order valence-electron chi connectivity index (χ3n) is 3.93. The van der Waals surface area contributed by atoms with Gasteiger partial charge < -0.3 is 19.9 Å². The zero-order chi connectivity index (χ0) is 12.6. The minimum absolute atomic E-state index is 0.116. The van der Waals surface area contributed by atoms with Crippen LogP contribution in [0.25, 0.3) is 0 Å². The summed E-state index contributed by atoms with van der Waals surface area (Å²) >= 11 is 0. The number of hydrogen-bond donors (Lipinski definition) is 1. The second-order valence-corrected chi connectivity index (χ2v) is 5.44. The molecule has 1 aromatic heterocycles. The van der Waals surface area contributed by atoms with E-state index in [1.807, 2.05) is 0 Å². The molecule has 2 aliphatic rings. The van der Waals surface area contributed by atoms with Gasteiger partial charge in [0.2, 0.25) is 0 Å². The maximum Gasteiger partial charge on any atom is 0.257 e. The van der Waals surface area contributed by atoms with E-state index in [4.69, 9.17) is 15.0 Å². The minimum atomic E-state index is -0.387. The van der Waals surface area contributed by atoms with Crippen molar-refractivity contribution in [3.63, 3.8) is 0 Å². The van der Waals surface area contributed by atoms with Gasteiger partial charge in [-0.3, -0.25) is 0 Å². The van der Waals surface area contributed by atoms with E-state index < -0.39 is 0 Å². The number of hydrogen-bond acceptors (Lipinski definition) is 6. The summed E-state index contributed by atoms with van der Waals surface area (Å²) in [5.74, 6) is 1.21. The predicted octanol–water partition coefficient (Wildman–Crippen LogP) is 0.801. The van der Waals surface area contributed by atoms with E-state index in [-0.39, 0.29) is 11.6 Å². The Morgan fingerprint density at radius 3 is 2.89 bits per heavy atom. The lowest BCUT2D eigenvalue weighted by Gasteiger charge is -2.27. The van der Waals surface area contributed by atoms with Gasteiger partial charge in [0, 0.05) is 13.1 Å². The first-order valence-corrected chi connectivity index (χ1v) is 6.60. The summed E-state index contributed by atoms with van der Waals surface area (Å²) in [5.41, 5.74) is 5.93. The fourth-order valence-electron chi connectivity index (χ4n) is 2.72. The molecule has 6 nitrogen and oxygen atoms in total. The standard InChI is InChI=1S/C12H20N4O2/c1-16-6-7-17-9(8-16)10-14-11(15-18-10)12(13)4-2-3-5-12/h9H,2-8,13H2,1H3. The first kappa shape index (κ1) is 12.1. The molecule has 18 heavy (non-hydrogen) atoms. The molecule has 6 heteroatoms. The Labute approximate surface area is 106 Å². The van der Waals surface area contributed by atoms with Crippen molar-refractivity contribution in [3.05, 3.63) is 11.7 Å². The lowest BCUT2D eigenvalue weighted by atomic mass is 9.99. The van der Waals surface area contributed by atoms with Crippen molar-refractivity contribution in [3.8, 4) is 0 Å². The number of nitrogens with zero attached hydrogens (tertiary/aromatic N) is 3. The van der Waals surface area contributed by atoms with Gasteiger partial charge >= 0.3 is 0 Å². The van der Waals surface area contributed by atoms with E-state index in [0.717, 1.165) is 38.8 Å². The summed E-state index contributed by atoms with van der Waals surface area (Å²) in [5, 5.41) is 4.06. The van der Waals surface area contributed by atoms with Crippen LogP contribution in [0.3, 0.4) is 0 Å². The second kappa shape index (κ2) is 4.60. The molecule has 1 aromatic rings. The van der Waals surface area contributed by atoms with Crippen molar-refractivity contribution in [2.45, 2.75) is 37.3 Å². The molecule has 1 saturated heterocycles. The lowest BCUT2D eigenvalue weighted by Crippen LogP contribution is -2.36. The zero-order valence-electron chi connectivity index (χ0n) is 10.8. The maximum absolute atomic E-state index is 6.31. The highest BCUT2D eigenvalue weighted by atomic mass is 16.5. The monoisotopic (exact) mass is 252 g/mol. The van der Waals surface area contributed by atoms with Crippen molar-refractivity contribution < 1.29 is 9.26 Å². The SMILES string of the molecule is CN1CCOC(c2nc(C3(N)CCCC3)no2)C1. The highest BCUT2D eigenvalue weighted by Crippen LogP contribution is 2.35. The van der Waals surface area contributed by atoms with E-state index in [1.165, 1.54) is 0 Å². The normalized spacial score (nSPS) is 28.7. The first-order valence-electron chi connectivity index (χ1n) is 6.60. The lowest BCUT2D eigenvalue weighted by molar-refractivity contribution is -0.0366. The number of rotatable bonds is 2. The van der Waals surface area contributed by atoms with Crippen LogP contribution in [0.2, 0.25) is 0 Å². The van der Waals surface area contributed by atoms with Gasteiger partial charge in [-0.25, -0.2) is 0 Å². The number of aromatic nitrogens is 2. The second-order valence-electron chi connectivity index (χ2n) is 5.44. The largest absolute Gasteiger partial charge is 0.366 e. The van der Waals surface area contributed by atoms with Crippen LogP contribution in [0.4, 0.5) is 0 Å². The van der Waals surface area contributed by atoms with Gasteiger partial charge in [-0.15, -0.1) is 0 Å². The Morgan fingerprint density at radius 2 is 2.17 bits per heavy atom. The van der Waals surface area contributed by atoms with Crippen LogP contribution < -0.4 is 5.73 Å². The smallest absolute Gasteiger partial charge is 0.257 e. The van der Waals surface area contributed by atoms with E-state index in [9.17, 15) is 0 Å². The van der Waals surface area contributed by atoms with E-state index in [0.29, 0.717) is 18.3 Å². The molecule has 2 N–H and O–H groups in total.